The lowest BCUT2D eigenvalue weighted by Crippen LogP contribution is -2.66. The van der Waals surface area contributed by atoms with Crippen LogP contribution in [0.2, 0.25) is 0 Å². The zero-order valence-corrected chi connectivity index (χ0v) is 19.1. The molecule has 2 rings (SSSR count). The summed E-state index contributed by atoms with van der Waals surface area (Å²) in [6.07, 6.45) is -15.1. The number of carboxylic acid groups (broad SMARTS) is 1. The molecule has 204 valence electrons. The summed E-state index contributed by atoms with van der Waals surface area (Å²) in [7, 11) is -15.7. The van der Waals surface area contributed by atoms with Crippen molar-refractivity contribution in [2.75, 3.05) is 6.61 Å². The Bertz CT molecular complexity index is 1130. The summed E-state index contributed by atoms with van der Waals surface area (Å²) in [6.45, 7) is -1.25. The van der Waals surface area contributed by atoms with E-state index in [1.165, 1.54) is 4.72 Å². The van der Waals surface area contributed by atoms with Gasteiger partial charge in [0.1, 0.15) is 30.5 Å². The van der Waals surface area contributed by atoms with Gasteiger partial charge < -0.3 is 34.6 Å². The van der Waals surface area contributed by atoms with Crippen molar-refractivity contribution in [1.29, 1.82) is 0 Å². The molecule has 0 aromatic rings. The summed E-state index contributed by atoms with van der Waals surface area (Å²) in [4.78, 5) is 11.2. The molecule has 35 heavy (non-hydrogen) atoms. The van der Waals surface area contributed by atoms with Crippen LogP contribution in [-0.4, -0.2) is 121 Å². The summed E-state index contributed by atoms with van der Waals surface area (Å²) >= 11 is 0. The average molecular weight is 577 g/mol. The Balaban J connectivity index is 2.44. The van der Waals surface area contributed by atoms with Crippen molar-refractivity contribution in [2.24, 2.45) is 0 Å². The van der Waals surface area contributed by atoms with E-state index in [0.29, 0.717) is 6.08 Å². The van der Waals surface area contributed by atoms with E-state index in [0.717, 1.165) is 0 Å². The van der Waals surface area contributed by atoms with Crippen molar-refractivity contribution in [2.45, 2.75) is 49.1 Å². The van der Waals surface area contributed by atoms with E-state index in [1.54, 1.807) is 0 Å². The standard InChI is InChI=1S/C12H19NO19S3/c14-3-1-4(10(16)17)30-12(8(3)32-35(25,26)27)31-9-5(2-28-34(22,23)24)29-11(18)6(7(9)15)13-33(19,20)21/h1,3,5-9,11-15,18H,2H2,(H,16,17)(H,19,20,21)(H,22,23,24)(H,25,26,27)/t3-,5-,6-,7-,8+,9-,11?,12-/m1/s1. The molecule has 23 heteroatoms. The van der Waals surface area contributed by atoms with Gasteiger partial charge in [0.15, 0.2) is 12.4 Å². The largest absolute Gasteiger partial charge is 0.475 e. The molecule has 2 aliphatic heterocycles. The molecule has 0 radical (unpaired) electrons. The Morgan fingerprint density at radius 3 is 2.09 bits per heavy atom. The van der Waals surface area contributed by atoms with Crippen molar-refractivity contribution in [3.8, 4) is 0 Å². The molecule has 8 atom stereocenters. The molecule has 0 aromatic carbocycles. The number of carbonyl (C=O) groups is 1. The molecule has 0 aliphatic carbocycles. The Morgan fingerprint density at radius 2 is 1.60 bits per heavy atom. The first-order valence-corrected chi connectivity index (χ1v) is 12.9. The van der Waals surface area contributed by atoms with Crippen molar-refractivity contribution < 1.29 is 86.7 Å². The fraction of sp³-hybridized carbons (Fsp3) is 0.750. The monoisotopic (exact) mass is 577 g/mol. The number of aliphatic carboxylic acids is 1. The second kappa shape index (κ2) is 10.8. The van der Waals surface area contributed by atoms with Gasteiger partial charge in [-0.1, -0.05) is 0 Å². The third-order valence-corrected chi connectivity index (χ3v) is 5.73. The van der Waals surface area contributed by atoms with Gasteiger partial charge in [-0.3, -0.25) is 13.7 Å². The van der Waals surface area contributed by atoms with E-state index < -0.39 is 98.6 Å². The van der Waals surface area contributed by atoms with Crippen LogP contribution in [0.1, 0.15) is 0 Å². The van der Waals surface area contributed by atoms with Crippen LogP contribution in [0.4, 0.5) is 0 Å². The number of carboxylic acids is 1. The smallest absolute Gasteiger partial charge is 0.397 e. The number of ether oxygens (including phenoxy) is 3. The topological polar surface area (TPSA) is 319 Å². The molecule has 0 aromatic heterocycles. The van der Waals surface area contributed by atoms with Crippen LogP contribution >= 0.6 is 0 Å². The lowest BCUT2D eigenvalue weighted by Gasteiger charge is -2.44. The van der Waals surface area contributed by atoms with Crippen LogP contribution in [0.5, 0.6) is 0 Å². The zero-order valence-electron chi connectivity index (χ0n) is 16.7. The van der Waals surface area contributed by atoms with Gasteiger partial charge in [0, 0.05) is 0 Å². The van der Waals surface area contributed by atoms with Gasteiger partial charge in [-0.25, -0.2) is 13.2 Å². The lowest BCUT2D eigenvalue weighted by atomic mass is 9.97. The lowest BCUT2D eigenvalue weighted by molar-refractivity contribution is -0.303. The average Bonchev–Trinajstić information content (AvgIpc) is 2.65. The minimum absolute atomic E-state index is 0.442. The van der Waals surface area contributed by atoms with Crippen LogP contribution in [0, 0.1) is 0 Å². The molecule has 2 heterocycles. The summed E-state index contributed by atoms with van der Waals surface area (Å²) < 4.78 is 117. The Morgan fingerprint density at radius 1 is 1.00 bits per heavy atom. The first-order chi connectivity index (χ1) is 15.8. The highest BCUT2D eigenvalue weighted by Gasteiger charge is 2.51. The van der Waals surface area contributed by atoms with Crippen LogP contribution in [0.25, 0.3) is 0 Å². The predicted octanol–water partition coefficient (Wildman–Crippen LogP) is -5.10. The number of hydrogen-bond acceptors (Lipinski definition) is 15. The Hall–Kier alpha value is -1.58. The van der Waals surface area contributed by atoms with E-state index in [9.17, 15) is 45.4 Å². The normalized spacial score (nSPS) is 34.6. The second-order valence-electron chi connectivity index (χ2n) is 6.79. The molecule has 0 saturated carbocycles. The van der Waals surface area contributed by atoms with Crippen molar-refractivity contribution in [3.05, 3.63) is 11.8 Å². The van der Waals surface area contributed by atoms with Gasteiger partial charge in [-0.05, 0) is 6.08 Å². The molecule has 1 unspecified atom stereocenters. The first kappa shape index (κ1) is 29.6. The highest BCUT2D eigenvalue weighted by molar-refractivity contribution is 7.83. The predicted molar refractivity (Wildman–Crippen MR) is 101 cm³/mol. The Kier molecular flexibility index (Phi) is 9.15. The molecule has 1 fully saturated rings. The molecule has 0 spiro atoms. The number of nitrogens with one attached hydrogen (secondary N) is 1. The van der Waals surface area contributed by atoms with Crippen LogP contribution < -0.4 is 4.72 Å². The van der Waals surface area contributed by atoms with Crippen LogP contribution in [-0.2, 0) is 58.5 Å². The van der Waals surface area contributed by atoms with Crippen molar-refractivity contribution in [1.82, 2.24) is 4.72 Å². The molecular weight excluding hydrogens is 558 g/mol. The maximum absolute atomic E-state index is 11.2. The quantitative estimate of drug-likeness (QED) is 0.112. The van der Waals surface area contributed by atoms with Crippen LogP contribution in [0.15, 0.2) is 11.8 Å². The van der Waals surface area contributed by atoms with Gasteiger partial charge >= 0.3 is 37.1 Å². The fourth-order valence-electron chi connectivity index (χ4n) is 2.96. The third-order valence-electron chi connectivity index (χ3n) is 4.26. The van der Waals surface area contributed by atoms with Crippen molar-refractivity contribution in [3.63, 3.8) is 0 Å². The van der Waals surface area contributed by atoms with E-state index in [-0.39, 0.29) is 0 Å². The van der Waals surface area contributed by atoms with Gasteiger partial charge in [0.2, 0.25) is 12.0 Å². The molecule has 2 aliphatic rings. The van der Waals surface area contributed by atoms with Gasteiger partial charge in [0.25, 0.3) is 0 Å². The molecule has 8 N–H and O–H groups in total. The number of hydrogen-bond donors (Lipinski definition) is 8. The van der Waals surface area contributed by atoms with E-state index >= 15 is 0 Å². The van der Waals surface area contributed by atoms with E-state index in [4.69, 9.17) is 33.0 Å². The molecule has 0 amide bonds. The molecular formula is C12H19NO19S3. The SMILES string of the molecule is O=C(O)C1=C[C@@H](O)[C@H](OS(=O)(=O)O)[C@@H](O[C@H]2[C@H](O)[C@@H](NS(=O)(=O)O)C(O)O[C@@H]2COS(=O)(=O)O)O1. The molecule has 0 bridgehead atoms. The minimum atomic E-state index is -5.36. The minimum Gasteiger partial charge on any atom is -0.475 e. The Labute approximate surface area is 196 Å². The number of aliphatic hydroxyl groups excluding tert-OH is 3. The first-order valence-electron chi connectivity index (χ1n) is 8.76. The van der Waals surface area contributed by atoms with Gasteiger partial charge in [-0.2, -0.15) is 30.0 Å². The van der Waals surface area contributed by atoms with Crippen molar-refractivity contribution >= 4 is 37.1 Å². The molecule has 20 nitrogen and oxygen atoms in total. The highest BCUT2D eigenvalue weighted by Crippen LogP contribution is 2.30. The zero-order chi connectivity index (χ0) is 26.9. The maximum Gasteiger partial charge on any atom is 0.397 e. The molecule has 1 saturated heterocycles. The van der Waals surface area contributed by atoms with Crippen LogP contribution in [0.3, 0.4) is 0 Å². The third kappa shape index (κ3) is 8.79. The van der Waals surface area contributed by atoms with Gasteiger partial charge in [0.05, 0.1) is 6.61 Å². The summed E-state index contributed by atoms with van der Waals surface area (Å²) in [5, 5.41) is 39.6. The summed E-state index contributed by atoms with van der Waals surface area (Å²) in [5.74, 6) is -2.88. The van der Waals surface area contributed by atoms with Gasteiger partial charge in [-0.15, -0.1) is 0 Å². The van der Waals surface area contributed by atoms with E-state index in [1.807, 2.05) is 0 Å². The summed E-state index contributed by atoms with van der Waals surface area (Å²) in [6, 6.07) is -2.15. The van der Waals surface area contributed by atoms with E-state index in [2.05, 4.69) is 8.37 Å². The maximum atomic E-state index is 11.2. The summed E-state index contributed by atoms with van der Waals surface area (Å²) in [5.41, 5.74) is 0. The number of rotatable bonds is 10. The highest BCUT2D eigenvalue weighted by atomic mass is 32.3. The second-order valence-corrected chi connectivity index (χ2v) is 10.1. The fourth-order valence-corrected chi connectivity index (χ4v) is 4.35. The number of aliphatic hydroxyl groups is 3.